The molecule has 0 bridgehead atoms. The molecular formula is C34H29N5S. The average molecular weight is 540 g/mol. The van der Waals surface area contributed by atoms with Gasteiger partial charge in [0.1, 0.15) is 16.8 Å². The van der Waals surface area contributed by atoms with Crippen molar-refractivity contribution in [1.82, 2.24) is 19.3 Å². The molecule has 5 nitrogen and oxygen atoms in total. The number of para-hydroxylation sites is 2. The van der Waals surface area contributed by atoms with Crippen LogP contribution < -0.4 is 0 Å². The average Bonchev–Trinajstić information content (AvgIpc) is 3.69. The van der Waals surface area contributed by atoms with E-state index in [1.165, 1.54) is 26.7 Å². The third-order valence-corrected chi connectivity index (χ3v) is 9.12. The molecule has 40 heavy (non-hydrogen) atoms. The zero-order chi connectivity index (χ0) is 27.2. The summed E-state index contributed by atoms with van der Waals surface area (Å²) in [6.07, 6.45) is 7.20. The summed E-state index contributed by atoms with van der Waals surface area (Å²) in [5.74, 6) is 0.666. The highest BCUT2D eigenvalue weighted by molar-refractivity contribution is 7.13. The fourth-order valence-corrected chi connectivity index (χ4v) is 7.16. The Balaban J connectivity index is 1.40. The van der Waals surface area contributed by atoms with Crippen molar-refractivity contribution in [2.24, 2.45) is 5.92 Å². The number of hydrogen-bond donors (Lipinski definition) is 0. The molecule has 3 aromatic carbocycles. The molecule has 3 aromatic heterocycles. The number of rotatable bonds is 5. The monoisotopic (exact) mass is 539 g/mol. The molecule has 1 aliphatic rings. The number of nitrogens with zero attached hydrogens (tertiary/aromatic N) is 5. The highest BCUT2D eigenvalue weighted by Gasteiger charge is 2.22. The Morgan fingerprint density at radius 3 is 2.67 bits per heavy atom. The lowest BCUT2D eigenvalue weighted by molar-refractivity contribution is 0.502. The first-order valence-corrected chi connectivity index (χ1v) is 14.7. The van der Waals surface area contributed by atoms with Gasteiger partial charge in [0.25, 0.3) is 0 Å². The second kappa shape index (κ2) is 9.93. The van der Waals surface area contributed by atoms with E-state index in [0.29, 0.717) is 11.5 Å². The summed E-state index contributed by atoms with van der Waals surface area (Å²) in [6, 6.07) is 27.7. The van der Waals surface area contributed by atoms with Crippen LogP contribution in [0.25, 0.3) is 50.4 Å². The van der Waals surface area contributed by atoms with Crippen LogP contribution in [0, 0.1) is 17.2 Å². The quantitative estimate of drug-likeness (QED) is 0.207. The molecule has 0 saturated carbocycles. The molecule has 0 saturated heterocycles. The molecule has 6 aromatic rings. The molecular weight excluding hydrogens is 510 g/mol. The fraction of sp³-hybridized carbons (Fsp3) is 0.206. The van der Waals surface area contributed by atoms with Gasteiger partial charge >= 0.3 is 0 Å². The minimum atomic E-state index is 0.588. The first kappa shape index (κ1) is 24.6. The summed E-state index contributed by atoms with van der Waals surface area (Å²) < 4.78 is 4.26. The van der Waals surface area contributed by atoms with Crippen molar-refractivity contribution in [1.29, 1.82) is 5.26 Å². The highest BCUT2D eigenvalue weighted by atomic mass is 32.1. The second-order valence-electron chi connectivity index (χ2n) is 10.6. The molecule has 6 heteroatoms. The minimum absolute atomic E-state index is 0.588. The van der Waals surface area contributed by atoms with Crippen molar-refractivity contribution in [2.45, 2.75) is 39.7 Å². The molecule has 196 valence electrons. The van der Waals surface area contributed by atoms with Gasteiger partial charge in [-0.05, 0) is 68.5 Å². The van der Waals surface area contributed by atoms with Crippen LogP contribution in [-0.2, 0) is 19.4 Å². The van der Waals surface area contributed by atoms with E-state index in [1.807, 2.05) is 47.3 Å². The second-order valence-corrected chi connectivity index (χ2v) is 11.7. The molecule has 7 rings (SSSR count). The third-order valence-electron chi connectivity index (χ3n) is 7.96. The van der Waals surface area contributed by atoms with Crippen molar-refractivity contribution in [3.05, 3.63) is 100 Å². The number of aryl methyl sites for hydroxylation is 2. The van der Waals surface area contributed by atoms with Crippen LogP contribution in [-0.4, -0.2) is 19.3 Å². The van der Waals surface area contributed by atoms with Gasteiger partial charge < -0.3 is 4.57 Å². The van der Waals surface area contributed by atoms with Crippen LogP contribution in [0.2, 0.25) is 0 Å². The third kappa shape index (κ3) is 4.14. The molecule has 1 unspecified atom stereocenters. The van der Waals surface area contributed by atoms with E-state index in [1.54, 1.807) is 11.3 Å². The fourth-order valence-electron chi connectivity index (χ4n) is 5.92. The topological polar surface area (TPSA) is 59.4 Å². The van der Waals surface area contributed by atoms with Gasteiger partial charge in [-0.3, -0.25) is 0 Å². The SMILES string of the molecule is CCn1c2ccccc2c2cc(-c3nn(-c4ccccc4)cc3/C=C(\C#N)c3nc4c(s3)CC(C)CC4)ccc21. The Hall–Kier alpha value is -4.47. The number of thiazole rings is 1. The molecule has 0 amide bonds. The zero-order valence-electron chi connectivity index (χ0n) is 22.6. The molecule has 0 N–H and O–H groups in total. The standard InChI is InChI=1S/C34H29N5S/c1-3-38-30-12-8-7-11-27(30)28-19-23(14-16-31(28)38)33-25(21-39(37-33)26-9-5-4-6-10-26)18-24(20-35)34-36-29-15-13-22(2)17-32(29)40-34/h4-12,14,16,18-19,21-22H,3,13,15,17H2,1-2H3/b24-18+. The number of nitriles is 1. The van der Waals surface area contributed by atoms with Gasteiger partial charge in [0, 0.05) is 50.6 Å². The van der Waals surface area contributed by atoms with Crippen molar-refractivity contribution in [2.75, 3.05) is 0 Å². The number of allylic oxidation sites excluding steroid dienone is 1. The van der Waals surface area contributed by atoms with Crippen LogP contribution in [0.3, 0.4) is 0 Å². The van der Waals surface area contributed by atoms with E-state index in [4.69, 9.17) is 10.1 Å². The van der Waals surface area contributed by atoms with E-state index in [0.717, 1.165) is 59.0 Å². The van der Waals surface area contributed by atoms with Crippen LogP contribution in [0.15, 0.2) is 79.0 Å². The molecule has 1 aliphatic carbocycles. The first-order chi connectivity index (χ1) is 19.6. The van der Waals surface area contributed by atoms with Gasteiger partial charge in [-0.25, -0.2) is 9.67 Å². The van der Waals surface area contributed by atoms with Gasteiger partial charge in [-0.15, -0.1) is 11.3 Å². The van der Waals surface area contributed by atoms with Crippen molar-refractivity contribution < 1.29 is 0 Å². The Morgan fingerprint density at radius 1 is 1.05 bits per heavy atom. The summed E-state index contributed by atoms with van der Waals surface area (Å²) in [5.41, 5.74) is 7.96. The molecule has 0 spiro atoms. The number of benzene rings is 3. The summed E-state index contributed by atoms with van der Waals surface area (Å²) in [7, 11) is 0. The van der Waals surface area contributed by atoms with Crippen molar-refractivity contribution in [3.8, 4) is 23.0 Å². The van der Waals surface area contributed by atoms with Crippen molar-refractivity contribution >= 4 is 44.8 Å². The number of hydrogen-bond acceptors (Lipinski definition) is 4. The maximum atomic E-state index is 10.2. The molecule has 0 aliphatic heterocycles. The van der Waals surface area contributed by atoms with Gasteiger partial charge in [-0.1, -0.05) is 49.4 Å². The summed E-state index contributed by atoms with van der Waals surface area (Å²) in [5, 5.41) is 18.6. The molecule has 0 radical (unpaired) electrons. The predicted octanol–water partition coefficient (Wildman–Crippen LogP) is 8.31. The minimum Gasteiger partial charge on any atom is -0.341 e. The Kier molecular flexibility index (Phi) is 6.10. The van der Waals surface area contributed by atoms with Gasteiger partial charge in [0.05, 0.1) is 17.0 Å². The van der Waals surface area contributed by atoms with E-state index in [2.05, 4.69) is 66.9 Å². The van der Waals surface area contributed by atoms with Crippen LogP contribution in [0.4, 0.5) is 0 Å². The maximum Gasteiger partial charge on any atom is 0.134 e. The number of fused-ring (bicyclic) bond motifs is 4. The normalized spacial score (nSPS) is 15.4. The lowest BCUT2D eigenvalue weighted by atomic mass is 9.93. The summed E-state index contributed by atoms with van der Waals surface area (Å²) in [6.45, 7) is 5.38. The van der Waals surface area contributed by atoms with Crippen LogP contribution in [0.5, 0.6) is 0 Å². The highest BCUT2D eigenvalue weighted by Crippen LogP contribution is 2.36. The lowest BCUT2D eigenvalue weighted by Crippen LogP contribution is -2.09. The van der Waals surface area contributed by atoms with Gasteiger partial charge in [-0.2, -0.15) is 10.4 Å². The van der Waals surface area contributed by atoms with E-state index in [9.17, 15) is 5.26 Å². The summed E-state index contributed by atoms with van der Waals surface area (Å²) in [4.78, 5) is 6.23. The lowest BCUT2D eigenvalue weighted by Gasteiger charge is -2.15. The predicted molar refractivity (Wildman–Crippen MR) is 164 cm³/mol. The maximum absolute atomic E-state index is 10.2. The molecule has 3 heterocycles. The zero-order valence-corrected chi connectivity index (χ0v) is 23.4. The van der Waals surface area contributed by atoms with E-state index >= 15 is 0 Å². The van der Waals surface area contributed by atoms with Gasteiger partial charge in [0.15, 0.2) is 0 Å². The van der Waals surface area contributed by atoms with Crippen molar-refractivity contribution in [3.63, 3.8) is 0 Å². The van der Waals surface area contributed by atoms with Crippen LogP contribution >= 0.6 is 11.3 Å². The Bertz CT molecular complexity index is 1950. The molecule has 0 fully saturated rings. The Morgan fingerprint density at radius 2 is 1.85 bits per heavy atom. The smallest absolute Gasteiger partial charge is 0.134 e. The Labute approximate surface area is 237 Å². The summed E-state index contributed by atoms with van der Waals surface area (Å²) >= 11 is 1.67. The molecule has 1 atom stereocenters. The van der Waals surface area contributed by atoms with E-state index < -0.39 is 0 Å². The largest absolute Gasteiger partial charge is 0.341 e. The van der Waals surface area contributed by atoms with Gasteiger partial charge in [0.2, 0.25) is 0 Å². The van der Waals surface area contributed by atoms with Crippen LogP contribution in [0.1, 0.15) is 41.4 Å². The van der Waals surface area contributed by atoms with E-state index in [-0.39, 0.29) is 0 Å². The number of aromatic nitrogens is 4. The first-order valence-electron chi connectivity index (χ1n) is 13.9.